The first-order chi connectivity index (χ1) is 11.4. The summed E-state index contributed by atoms with van der Waals surface area (Å²) in [5.74, 6) is -0.720. The molecule has 0 fully saturated rings. The number of hydrogen-bond donors (Lipinski definition) is 3. The van der Waals surface area contributed by atoms with E-state index in [1.165, 1.54) is 12.2 Å². The molecule has 0 radical (unpaired) electrons. The molecule has 0 aromatic heterocycles. The van der Waals surface area contributed by atoms with Gasteiger partial charge in [0, 0.05) is 12.2 Å². The smallest absolute Gasteiger partial charge is 0.460 e. The summed E-state index contributed by atoms with van der Waals surface area (Å²) >= 11 is 0. The zero-order valence-corrected chi connectivity index (χ0v) is 18.6. The Kier molecular flexibility index (Phi) is 27.1. The van der Waals surface area contributed by atoms with Gasteiger partial charge < -0.3 is 38.0 Å². The van der Waals surface area contributed by atoms with Crippen molar-refractivity contribution in [1.29, 1.82) is 0 Å². The van der Waals surface area contributed by atoms with E-state index < -0.39 is 7.82 Å². The number of hydrogen-bond acceptors (Lipinski definition) is 5. The van der Waals surface area contributed by atoms with Crippen LogP contribution in [0.25, 0.3) is 0 Å². The van der Waals surface area contributed by atoms with Gasteiger partial charge in [-0.25, -0.2) is 14.2 Å². The SMILES string of the molecule is C=CC(=O)OC(C)CC[CH2-].C=CC(=O)OC(C)CC[CH2-].O=P(O)(O)O.[Ca+2]. The first-order valence-corrected chi connectivity index (χ1v) is 9.00. The van der Waals surface area contributed by atoms with Crippen LogP contribution in [0.5, 0.6) is 0 Å². The molecule has 2 unspecified atom stereocenters. The van der Waals surface area contributed by atoms with Crippen LogP contribution in [-0.2, 0) is 23.6 Å². The topological polar surface area (TPSA) is 130 Å². The standard InChI is InChI=1S/2C8H13O2.Ca.H3O4P/c2*1-4-6-7(3)10-8(9)5-2;;1-5(2,3)4/h2*5,7H,1-2,4,6H2,3H3;;(H3,1,2,3,4)/q2*-1;+2;. The van der Waals surface area contributed by atoms with Gasteiger partial charge in [0.15, 0.2) is 0 Å². The molecule has 10 heteroatoms. The minimum Gasteiger partial charge on any atom is -0.460 e. The van der Waals surface area contributed by atoms with E-state index in [4.69, 9.17) is 28.7 Å². The summed E-state index contributed by atoms with van der Waals surface area (Å²) < 4.78 is 18.6. The Balaban J connectivity index is -0.000000145. The van der Waals surface area contributed by atoms with E-state index in [1.807, 2.05) is 13.8 Å². The fourth-order valence-corrected chi connectivity index (χ4v) is 1.19. The largest absolute Gasteiger partial charge is 2.00 e. The van der Waals surface area contributed by atoms with Crippen LogP contribution >= 0.6 is 7.82 Å². The third-order valence-electron chi connectivity index (χ3n) is 2.19. The Morgan fingerprint density at radius 1 is 0.962 bits per heavy atom. The number of ether oxygens (including phenoxy) is 2. The molecule has 0 aromatic carbocycles. The van der Waals surface area contributed by atoms with Gasteiger partial charge >= 0.3 is 57.5 Å². The van der Waals surface area contributed by atoms with Crippen LogP contribution in [-0.4, -0.2) is 76.6 Å². The minimum absolute atomic E-state index is 0. The van der Waals surface area contributed by atoms with Crippen molar-refractivity contribution >= 4 is 57.5 Å². The van der Waals surface area contributed by atoms with Crippen LogP contribution in [0.15, 0.2) is 25.3 Å². The van der Waals surface area contributed by atoms with Crippen molar-refractivity contribution < 1.29 is 38.3 Å². The first-order valence-electron chi connectivity index (χ1n) is 7.44. The van der Waals surface area contributed by atoms with Crippen molar-refractivity contribution in [2.75, 3.05) is 0 Å². The molecular weight excluding hydrogens is 391 g/mol. The molecule has 0 aliphatic heterocycles. The maximum absolute atomic E-state index is 10.5. The van der Waals surface area contributed by atoms with Crippen molar-refractivity contribution in [2.24, 2.45) is 0 Å². The molecule has 148 valence electrons. The Morgan fingerprint density at radius 2 is 1.19 bits per heavy atom. The summed E-state index contributed by atoms with van der Waals surface area (Å²) in [6, 6.07) is 0. The second-order valence-electron chi connectivity index (χ2n) is 4.70. The van der Waals surface area contributed by atoms with Crippen LogP contribution in [0.3, 0.4) is 0 Å². The molecule has 0 spiro atoms. The number of carbonyl (C=O) groups is 2. The summed E-state index contributed by atoms with van der Waals surface area (Å²) in [5.41, 5.74) is 0. The fourth-order valence-electron chi connectivity index (χ4n) is 1.19. The molecule has 0 aliphatic rings. The second kappa shape index (κ2) is 21.1. The van der Waals surface area contributed by atoms with E-state index in [9.17, 15) is 9.59 Å². The zero-order valence-electron chi connectivity index (χ0n) is 15.5. The fraction of sp³-hybridized carbons (Fsp3) is 0.500. The summed E-state index contributed by atoms with van der Waals surface area (Å²) in [7, 11) is -4.64. The molecule has 8 nitrogen and oxygen atoms in total. The van der Waals surface area contributed by atoms with Gasteiger partial charge in [0.1, 0.15) is 0 Å². The Bertz CT molecular complexity index is 398. The molecule has 0 aromatic rings. The number of esters is 2. The third-order valence-corrected chi connectivity index (χ3v) is 2.19. The van der Waals surface area contributed by atoms with Crippen molar-refractivity contribution in [2.45, 2.75) is 51.7 Å². The van der Waals surface area contributed by atoms with Crippen LogP contribution in [0.1, 0.15) is 39.5 Å². The second-order valence-corrected chi connectivity index (χ2v) is 5.73. The monoisotopic (exact) mass is 420 g/mol. The van der Waals surface area contributed by atoms with Crippen LogP contribution in [0.4, 0.5) is 0 Å². The van der Waals surface area contributed by atoms with E-state index in [2.05, 4.69) is 27.0 Å². The van der Waals surface area contributed by atoms with Gasteiger partial charge in [-0.1, -0.05) is 13.2 Å². The molecule has 0 heterocycles. The average molecular weight is 420 g/mol. The molecule has 0 amide bonds. The van der Waals surface area contributed by atoms with Gasteiger partial charge in [0.25, 0.3) is 0 Å². The van der Waals surface area contributed by atoms with Crippen LogP contribution in [0, 0.1) is 13.8 Å². The maximum atomic E-state index is 10.5. The van der Waals surface area contributed by atoms with Crippen molar-refractivity contribution in [3.8, 4) is 0 Å². The van der Waals surface area contributed by atoms with Crippen molar-refractivity contribution in [3.05, 3.63) is 39.2 Å². The van der Waals surface area contributed by atoms with Crippen molar-refractivity contribution in [1.82, 2.24) is 0 Å². The van der Waals surface area contributed by atoms with Gasteiger partial charge in [0.2, 0.25) is 0 Å². The predicted octanol–water partition coefficient (Wildman–Crippen LogP) is 2.13. The number of carbonyl (C=O) groups excluding carboxylic acids is 2. The van der Waals surface area contributed by atoms with E-state index >= 15 is 0 Å². The summed E-state index contributed by atoms with van der Waals surface area (Å²) in [5, 5.41) is 0. The Hall–Kier alpha value is -0.210. The van der Waals surface area contributed by atoms with E-state index in [-0.39, 0.29) is 61.9 Å². The van der Waals surface area contributed by atoms with E-state index in [0.29, 0.717) is 0 Å². The van der Waals surface area contributed by atoms with E-state index in [0.717, 1.165) is 25.7 Å². The zero-order chi connectivity index (χ0) is 20.5. The van der Waals surface area contributed by atoms with Gasteiger partial charge in [-0.2, -0.15) is 12.8 Å². The van der Waals surface area contributed by atoms with Gasteiger partial charge in [0.05, 0.1) is 12.2 Å². The minimum atomic E-state index is -4.64. The molecule has 0 saturated heterocycles. The molecule has 26 heavy (non-hydrogen) atoms. The molecule has 0 saturated carbocycles. The summed E-state index contributed by atoms with van der Waals surface area (Å²) in [4.78, 5) is 42.6. The van der Waals surface area contributed by atoms with Gasteiger partial charge in [-0.05, 0) is 26.7 Å². The maximum Gasteiger partial charge on any atom is 2.00 e. The number of phosphoric acid groups is 1. The van der Waals surface area contributed by atoms with Crippen LogP contribution < -0.4 is 0 Å². The summed E-state index contributed by atoms with van der Waals surface area (Å²) in [6.45, 7) is 17.5. The Labute approximate surface area is 185 Å². The molecule has 0 bridgehead atoms. The predicted molar refractivity (Wildman–Crippen MR) is 101 cm³/mol. The molecule has 2 atom stereocenters. The summed E-state index contributed by atoms with van der Waals surface area (Å²) in [6.07, 6.45) is 5.43. The van der Waals surface area contributed by atoms with Crippen LogP contribution in [0.2, 0.25) is 0 Å². The molecule has 0 rings (SSSR count). The normalized spacial score (nSPS) is 11.7. The van der Waals surface area contributed by atoms with Crippen molar-refractivity contribution in [3.63, 3.8) is 0 Å². The van der Waals surface area contributed by atoms with E-state index in [1.54, 1.807) is 0 Å². The van der Waals surface area contributed by atoms with Gasteiger partial charge in [-0.3, -0.25) is 0 Å². The van der Waals surface area contributed by atoms with Gasteiger partial charge in [-0.15, -0.1) is 0 Å². The molecule has 3 N–H and O–H groups in total. The Morgan fingerprint density at radius 3 is 1.35 bits per heavy atom. The first kappa shape index (κ1) is 33.4. The molecule has 0 aliphatic carbocycles. The average Bonchev–Trinajstić information content (AvgIpc) is 2.46. The molecular formula is C16H29CaO8P. The third kappa shape index (κ3) is 39.0. The number of rotatable bonds is 8. The quantitative estimate of drug-likeness (QED) is 0.179.